The largest absolute Gasteiger partial charge is 0.313 e. The number of likely N-dealkylation sites (tertiary alicyclic amines) is 1. The molecule has 1 aliphatic carbocycles. The topological polar surface area (TPSA) is 15.3 Å². The number of nitrogens with one attached hydrogen (secondary N) is 1. The van der Waals surface area contributed by atoms with Gasteiger partial charge in [-0.1, -0.05) is 20.8 Å². The monoisotopic (exact) mass is 280 g/mol. The highest BCUT2D eigenvalue weighted by atomic mass is 15.2. The molecule has 0 bridgehead atoms. The van der Waals surface area contributed by atoms with E-state index in [1.54, 1.807) is 0 Å². The van der Waals surface area contributed by atoms with Crippen molar-refractivity contribution in [1.29, 1.82) is 0 Å². The zero-order chi connectivity index (χ0) is 14.6. The Hall–Kier alpha value is -0.0800. The quantitative estimate of drug-likeness (QED) is 0.821. The van der Waals surface area contributed by atoms with E-state index in [1.807, 2.05) is 0 Å². The van der Waals surface area contributed by atoms with Gasteiger partial charge in [0.1, 0.15) is 0 Å². The molecular formula is C18H36N2. The maximum absolute atomic E-state index is 3.79. The molecule has 1 N–H and O–H groups in total. The Labute approximate surface area is 126 Å². The Kier molecular flexibility index (Phi) is 5.92. The molecule has 0 spiro atoms. The van der Waals surface area contributed by atoms with Crippen molar-refractivity contribution in [3.63, 3.8) is 0 Å². The molecule has 0 aromatic rings. The van der Waals surface area contributed by atoms with Gasteiger partial charge in [0.05, 0.1) is 0 Å². The summed E-state index contributed by atoms with van der Waals surface area (Å²) in [6.07, 6.45) is 8.57. The van der Waals surface area contributed by atoms with E-state index in [1.165, 1.54) is 64.7 Å². The van der Waals surface area contributed by atoms with Crippen molar-refractivity contribution in [3.05, 3.63) is 0 Å². The van der Waals surface area contributed by atoms with Crippen LogP contribution in [0, 0.1) is 17.3 Å². The van der Waals surface area contributed by atoms with Gasteiger partial charge in [-0.25, -0.2) is 0 Å². The number of nitrogens with zero attached hydrogens (tertiary/aromatic N) is 1. The van der Waals surface area contributed by atoms with Crippen LogP contribution in [0.3, 0.4) is 0 Å². The van der Waals surface area contributed by atoms with Gasteiger partial charge in [0.25, 0.3) is 0 Å². The molecule has 1 aliphatic heterocycles. The molecule has 1 saturated heterocycles. The third kappa shape index (κ3) is 5.04. The molecule has 1 heterocycles. The van der Waals surface area contributed by atoms with Gasteiger partial charge < -0.3 is 10.2 Å². The van der Waals surface area contributed by atoms with E-state index >= 15 is 0 Å². The van der Waals surface area contributed by atoms with Crippen molar-refractivity contribution >= 4 is 0 Å². The first-order valence-corrected chi connectivity index (χ1v) is 8.91. The van der Waals surface area contributed by atoms with Crippen LogP contribution >= 0.6 is 0 Å². The Morgan fingerprint density at radius 1 is 1.05 bits per heavy atom. The number of hydrogen-bond donors (Lipinski definition) is 1. The molecule has 0 aromatic heterocycles. The smallest absolute Gasteiger partial charge is 0.0166 e. The third-order valence-corrected chi connectivity index (χ3v) is 5.56. The second-order valence-corrected chi connectivity index (χ2v) is 8.40. The second kappa shape index (κ2) is 7.26. The second-order valence-electron chi connectivity index (χ2n) is 8.40. The predicted molar refractivity (Wildman–Crippen MR) is 88.0 cm³/mol. The van der Waals surface area contributed by atoms with Gasteiger partial charge in [0.15, 0.2) is 0 Å². The summed E-state index contributed by atoms with van der Waals surface area (Å²) >= 11 is 0. The Morgan fingerprint density at radius 3 is 2.20 bits per heavy atom. The molecule has 0 amide bonds. The molecule has 2 aliphatic rings. The summed E-state index contributed by atoms with van der Waals surface area (Å²) in [4.78, 5) is 2.62. The fourth-order valence-corrected chi connectivity index (χ4v) is 4.02. The van der Waals surface area contributed by atoms with Gasteiger partial charge in [-0.2, -0.15) is 0 Å². The summed E-state index contributed by atoms with van der Waals surface area (Å²) in [6, 6.07) is 0.661. The molecule has 2 rings (SSSR count). The van der Waals surface area contributed by atoms with Crippen molar-refractivity contribution in [2.75, 3.05) is 26.2 Å². The highest BCUT2D eigenvalue weighted by molar-refractivity contribution is 4.82. The molecule has 1 unspecified atom stereocenters. The molecule has 0 radical (unpaired) electrons. The van der Waals surface area contributed by atoms with Gasteiger partial charge >= 0.3 is 0 Å². The van der Waals surface area contributed by atoms with Crippen LogP contribution in [0.5, 0.6) is 0 Å². The summed E-state index contributed by atoms with van der Waals surface area (Å²) in [6.45, 7) is 14.7. The Morgan fingerprint density at radius 2 is 1.65 bits per heavy atom. The van der Waals surface area contributed by atoms with E-state index in [0.717, 1.165) is 11.8 Å². The summed E-state index contributed by atoms with van der Waals surface area (Å²) in [5.41, 5.74) is 0.515. The molecule has 1 atom stereocenters. The molecule has 1 saturated carbocycles. The van der Waals surface area contributed by atoms with E-state index < -0.39 is 0 Å². The molecular weight excluding hydrogens is 244 g/mol. The average Bonchev–Trinajstić information content (AvgIpc) is 2.88. The first-order valence-electron chi connectivity index (χ1n) is 8.91. The lowest BCUT2D eigenvalue weighted by atomic mass is 9.70. The van der Waals surface area contributed by atoms with Crippen LogP contribution in [0.15, 0.2) is 0 Å². The van der Waals surface area contributed by atoms with Crippen LogP contribution in [0.4, 0.5) is 0 Å². The van der Waals surface area contributed by atoms with Crippen LogP contribution in [0.2, 0.25) is 0 Å². The fraction of sp³-hybridized carbons (Fsp3) is 1.00. The molecule has 20 heavy (non-hydrogen) atoms. The van der Waals surface area contributed by atoms with Crippen LogP contribution in [0.1, 0.15) is 66.2 Å². The average molecular weight is 281 g/mol. The minimum atomic E-state index is 0.515. The highest BCUT2D eigenvalue weighted by Gasteiger charge is 2.29. The highest BCUT2D eigenvalue weighted by Crippen LogP contribution is 2.39. The van der Waals surface area contributed by atoms with E-state index in [4.69, 9.17) is 0 Å². The van der Waals surface area contributed by atoms with Crippen LogP contribution < -0.4 is 5.32 Å². The minimum absolute atomic E-state index is 0.515. The zero-order valence-corrected chi connectivity index (χ0v) is 14.3. The van der Waals surface area contributed by atoms with Crippen molar-refractivity contribution in [2.45, 2.75) is 72.3 Å². The third-order valence-electron chi connectivity index (χ3n) is 5.56. The molecule has 2 heteroatoms. The van der Waals surface area contributed by atoms with E-state index in [9.17, 15) is 0 Å². The Balaban J connectivity index is 1.60. The molecule has 118 valence electrons. The molecule has 0 aromatic carbocycles. The SMILES string of the molecule is CC(CN1CCCC1)NCC1CCC(C(C)(C)C)CC1. The summed E-state index contributed by atoms with van der Waals surface area (Å²) < 4.78 is 0. The van der Waals surface area contributed by atoms with Crippen LogP contribution in [0.25, 0.3) is 0 Å². The molecule has 2 fully saturated rings. The predicted octanol–water partition coefficient (Wildman–Crippen LogP) is 3.91. The standard InChI is InChI=1S/C18H36N2/c1-15(14-20-11-5-6-12-20)19-13-16-7-9-17(10-8-16)18(2,3)4/h15-17,19H,5-14H2,1-4H3. The van der Waals surface area contributed by atoms with Gasteiger partial charge in [-0.15, -0.1) is 0 Å². The number of rotatable bonds is 5. The fourth-order valence-electron chi connectivity index (χ4n) is 4.02. The molecule has 2 nitrogen and oxygen atoms in total. The van der Waals surface area contributed by atoms with Crippen molar-refractivity contribution < 1.29 is 0 Å². The van der Waals surface area contributed by atoms with Gasteiger partial charge in [0.2, 0.25) is 0 Å². The van der Waals surface area contributed by atoms with E-state index in [-0.39, 0.29) is 0 Å². The first-order chi connectivity index (χ1) is 9.45. The van der Waals surface area contributed by atoms with E-state index in [0.29, 0.717) is 11.5 Å². The lowest BCUT2D eigenvalue weighted by Crippen LogP contribution is -2.40. The normalized spacial score (nSPS) is 30.6. The van der Waals surface area contributed by atoms with Crippen molar-refractivity contribution in [3.8, 4) is 0 Å². The minimum Gasteiger partial charge on any atom is -0.313 e. The van der Waals surface area contributed by atoms with Crippen molar-refractivity contribution in [1.82, 2.24) is 10.2 Å². The van der Waals surface area contributed by atoms with Gasteiger partial charge in [-0.05, 0) is 82.3 Å². The van der Waals surface area contributed by atoms with Crippen molar-refractivity contribution in [2.24, 2.45) is 17.3 Å². The van der Waals surface area contributed by atoms with Crippen LogP contribution in [-0.2, 0) is 0 Å². The maximum atomic E-state index is 3.79. The van der Waals surface area contributed by atoms with Gasteiger partial charge in [-0.3, -0.25) is 0 Å². The summed E-state index contributed by atoms with van der Waals surface area (Å²) in [7, 11) is 0. The zero-order valence-electron chi connectivity index (χ0n) is 14.3. The Bertz CT molecular complexity index is 268. The number of hydrogen-bond acceptors (Lipinski definition) is 2. The lowest BCUT2D eigenvalue weighted by Gasteiger charge is -2.37. The van der Waals surface area contributed by atoms with Crippen LogP contribution in [-0.4, -0.2) is 37.1 Å². The van der Waals surface area contributed by atoms with E-state index in [2.05, 4.69) is 37.9 Å². The summed E-state index contributed by atoms with van der Waals surface area (Å²) in [5, 5.41) is 3.79. The summed E-state index contributed by atoms with van der Waals surface area (Å²) in [5.74, 6) is 1.87. The maximum Gasteiger partial charge on any atom is 0.0166 e. The van der Waals surface area contributed by atoms with Gasteiger partial charge in [0, 0.05) is 12.6 Å². The lowest BCUT2D eigenvalue weighted by molar-refractivity contribution is 0.147. The first kappa shape index (κ1) is 16.3.